The van der Waals surface area contributed by atoms with Crippen molar-refractivity contribution < 1.29 is 14.6 Å². The first-order valence-corrected chi connectivity index (χ1v) is 6.38. The number of carbonyl (C=O) groups is 1. The van der Waals surface area contributed by atoms with Gasteiger partial charge in [0.15, 0.2) is 5.75 Å². The molecule has 0 aliphatic rings. The average molecular weight is 280 g/mol. The maximum absolute atomic E-state index is 11.2. The monoisotopic (exact) mass is 280 g/mol. The van der Waals surface area contributed by atoms with Gasteiger partial charge in [0.2, 0.25) is 5.88 Å². The second kappa shape index (κ2) is 5.20. The van der Waals surface area contributed by atoms with E-state index in [0.717, 1.165) is 11.1 Å². The lowest BCUT2D eigenvalue weighted by atomic mass is 10.2. The molecule has 0 saturated heterocycles. The Labute approximate surface area is 120 Å². The number of hydrogen-bond donors (Lipinski definition) is 1. The summed E-state index contributed by atoms with van der Waals surface area (Å²) in [6.07, 6.45) is 1.49. The second-order valence-electron chi connectivity index (χ2n) is 4.54. The maximum atomic E-state index is 11.2. The second-order valence-corrected chi connectivity index (χ2v) is 4.54. The molecular weight excluding hydrogens is 268 g/mol. The van der Waals surface area contributed by atoms with Crippen LogP contribution in [0.15, 0.2) is 48.7 Å². The molecular formula is C16H12N2O3. The number of pyridine rings is 2. The highest BCUT2D eigenvalue weighted by Gasteiger charge is 2.14. The summed E-state index contributed by atoms with van der Waals surface area (Å²) < 4.78 is 5.68. The third kappa shape index (κ3) is 2.53. The number of fused-ring (bicyclic) bond motifs is 1. The van der Waals surface area contributed by atoms with Crippen LogP contribution in [0.25, 0.3) is 10.9 Å². The fourth-order valence-corrected chi connectivity index (χ4v) is 2.04. The van der Waals surface area contributed by atoms with Gasteiger partial charge in [0.1, 0.15) is 11.1 Å². The predicted molar refractivity (Wildman–Crippen MR) is 77.8 cm³/mol. The molecule has 0 aliphatic carbocycles. The van der Waals surface area contributed by atoms with Crippen molar-refractivity contribution >= 4 is 16.9 Å². The minimum atomic E-state index is -1.08. The van der Waals surface area contributed by atoms with Crippen LogP contribution in [0, 0.1) is 6.92 Å². The smallest absolute Gasteiger partial charge is 0.341 e. The Kier molecular flexibility index (Phi) is 3.23. The maximum Gasteiger partial charge on any atom is 0.341 e. The van der Waals surface area contributed by atoms with Crippen LogP contribution in [0.2, 0.25) is 0 Å². The van der Waals surface area contributed by atoms with Gasteiger partial charge in [-0.1, -0.05) is 18.2 Å². The number of rotatable bonds is 3. The van der Waals surface area contributed by atoms with Crippen molar-refractivity contribution in [1.29, 1.82) is 0 Å². The first-order chi connectivity index (χ1) is 10.1. The highest BCUT2D eigenvalue weighted by Crippen LogP contribution is 2.29. The number of para-hydroxylation sites is 1. The van der Waals surface area contributed by atoms with Crippen LogP contribution in [0.5, 0.6) is 11.6 Å². The molecule has 1 N–H and O–H groups in total. The van der Waals surface area contributed by atoms with E-state index in [0.29, 0.717) is 11.3 Å². The van der Waals surface area contributed by atoms with E-state index in [2.05, 4.69) is 9.97 Å². The average Bonchev–Trinajstić information content (AvgIpc) is 2.48. The Hall–Kier alpha value is -2.95. The Bertz CT molecular complexity index is 831. The number of carboxylic acid groups (broad SMARTS) is 1. The van der Waals surface area contributed by atoms with Gasteiger partial charge < -0.3 is 9.84 Å². The lowest BCUT2D eigenvalue weighted by Gasteiger charge is -2.09. The van der Waals surface area contributed by atoms with Gasteiger partial charge in [0, 0.05) is 17.3 Å². The third-order valence-corrected chi connectivity index (χ3v) is 3.03. The number of aromatic nitrogens is 2. The van der Waals surface area contributed by atoms with Crippen LogP contribution in [-0.2, 0) is 0 Å². The molecule has 0 saturated carbocycles. The van der Waals surface area contributed by atoms with Crippen LogP contribution < -0.4 is 4.74 Å². The summed E-state index contributed by atoms with van der Waals surface area (Å²) in [5.74, 6) is -0.541. The molecule has 3 aromatic rings. The van der Waals surface area contributed by atoms with Crippen LogP contribution in [0.4, 0.5) is 0 Å². The molecule has 0 radical (unpaired) electrons. The van der Waals surface area contributed by atoms with E-state index in [4.69, 9.17) is 9.84 Å². The summed E-state index contributed by atoms with van der Waals surface area (Å²) in [5.41, 5.74) is 1.56. The molecule has 2 heterocycles. The lowest BCUT2D eigenvalue weighted by molar-refractivity contribution is 0.0693. The van der Waals surface area contributed by atoms with Gasteiger partial charge in [-0.05, 0) is 31.2 Å². The molecule has 3 rings (SSSR count). The quantitative estimate of drug-likeness (QED) is 0.795. The first kappa shape index (κ1) is 13.1. The van der Waals surface area contributed by atoms with Gasteiger partial charge in [-0.15, -0.1) is 0 Å². The molecule has 0 aliphatic heterocycles. The van der Waals surface area contributed by atoms with Crippen molar-refractivity contribution in [1.82, 2.24) is 9.97 Å². The van der Waals surface area contributed by atoms with Crippen molar-refractivity contribution in [2.24, 2.45) is 0 Å². The molecule has 0 fully saturated rings. The molecule has 21 heavy (non-hydrogen) atoms. The molecule has 5 nitrogen and oxygen atoms in total. The van der Waals surface area contributed by atoms with E-state index < -0.39 is 5.97 Å². The molecule has 2 aromatic heterocycles. The topological polar surface area (TPSA) is 72.3 Å². The van der Waals surface area contributed by atoms with Crippen LogP contribution in [0.1, 0.15) is 16.1 Å². The van der Waals surface area contributed by atoms with Crippen LogP contribution in [-0.4, -0.2) is 21.0 Å². The fourth-order valence-electron chi connectivity index (χ4n) is 2.04. The molecule has 0 unspecified atom stereocenters. The normalized spacial score (nSPS) is 10.5. The highest BCUT2D eigenvalue weighted by molar-refractivity contribution is 5.90. The van der Waals surface area contributed by atoms with E-state index in [9.17, 15) is 4.79 Å². The van der Waals surface area contributed by atoms with Gasteiger partial charge in [-0.25, -0.2) is 14.8 Å². The molecule has 0 spiro atoms. The number of carboxylic acids is 1. The van der Waals surface area contributed by atoms with Gasteiger partial charge in [-0.3, -0.25) is 0 Å². The largest absolute Gasteiger partial charge is 0.477 e. The minimum Gasteiger partial charge on any atom is -0.477 e. The highest BCUT2D eigenvalue weighted by atomic mass is 16.5. The van der Waals surface area contributed by atoms with E-state index in [1.165, 1.54) is 12.3 Å². The van der Waals surface area contributed by atoms with Crippen molar-refractivity contribution in [3.05, 3.63) is 59.9 Å². The van der Waals surface area contributed by atoms with Gasteiger partial charge in [0.25, 0.3) is 0 Å². The molecule has 0 atom stereocenters. The van der Waals surface area contributed by atoms with Crippen molar-refractivity contribution in [3.8, 4) is 11.6 Å². The molecule has 104 valence electrons. The summed E-state index contributed by atoms with van der Waals surface area (Å²) in [4.78, 5) is 19.6. The number of nitrogens with zero attached hydrogens (tertiary/aromatic N) is 2. The SMILES string of the molecule is Cc1ccc2cccc(Oc3ncccc3C(=O)O)c2n1. The number of aromatic carboxylic acids is 1. The molecule has 0 bridgehead atoms. The van der Waals surface area contributed by atoms with Crippen molar-refractivity contribution in [3.63, 3.8) is 0 Å². The van der Waals surface area contributed by atoms with E-state index >= 15 is 0 Å². The summed E-state index contributed by atoms with van der Waals surface area (Å²) >= 11 is 0. The van der Waals surface area contributed by atoms with Gasteiger partial charge in [0.05, 0.1) is 0 Å². The summed E-state index contributed by atoms with van der Waals surface area (Å²) in [5, 5.41) is 10.1. The van der Waals surface area contributed by atoms with Crippen LogP contribution in [0.3, 0.4) is 0 Å². The minimum absolute atomic E-state index is 0.0159. The lowest BCUT2D eigenvalue weighted by Crippen LogP contribution is -2.02. The van der Waals surface area contributed by atoms with Crippen LogP contribution >= 0.6 is 0 Å². The third-order valence-electron chi connectivity index (χ3n) is 3.03. The Morgan fingerprint density at radius 3 is 2.81 bits per heavy atom. The Morgan fingerprint density at radius 1 is 1.14 bits per heavy atom. The zero-order valence-electron chi connectivity index (χ0n) is 11.3. The standard InChI is InChI=1S/C16H12N2O3/c1-10-7-8-11-4-2-6-13(14(11)18-10)21-15-12(16(19)20)5-3-9-17-15/h2-9H,1H3,(H,19,20). The summed E-state index contributed by atoms with van der Waals surface area (Å²) in [7, 11) is 0. The number of ether oxygens (including phenoxy) is 1. The number of benzene rings is 1. The van der Waals surface area contributed by atoms with Gasteiger partial charge >= 0.3 is 5.97 Å². The molecule has 0 amide bonds. The van der Waals surface area contributed by atoms with Crippen molar-refractivity contribution in [2.45, 2.75) is 6.92 Å². The first-order valence-electron chi connectivity index (χ1n) is 6.38. The van der Waals surface area contributed by atoms with E-state index in [1.807, 2.05) is 31.2 Å². The predicted octanol–water partition coefficient (Wildman–Crippen LogP) is 3.43. The number of aryl methyl sites for hydroxylation is 1. The number of hydrogen-bond acceptors (Lipinski definition) is 4. The summed E-state index contributed by atoms with van der Waals surface area (Å²) in [6, 6.07) is 12.4. The Balaban J connectivity index is 2.11. The molecule has 1 aromatic carbocycles. The molecule has 5 heteroatoms. The zero-order chi connectivity index (χ0) is 14.8. The summed E-state index contributed by atoms with van der Waals surface area (Å²) in [6.45, 7) is 1.89. The van der Waals surface area contributed by atoms with Crippen molar-refractivity contribution in [2.75, 3.05) is 0 Å². The zero-order valence-corrected chi connectivity index (χ0v) is 11.3. The Morgan fingerprint density at radius 2 is 2.00 bits per heavy atom. The van der Waals surface area contributed by atoms with Gasteiger partial charge in [-0.2, -0.15) is 0 Å². The fraction of sp³-hybridized carbons (Fsp3) is 0.0625. The van der Waals surface area contributed by atoms with E-state index in [-0.39, 0.29) is 11.4 Å². The van der Waals surface area contributed by atoms with E-state index in [1.54, 1.807) is 12.1 Å².